The topological polar surface area (TPSA) is 81.3 Å². The van der Waals surface area contributed by atoms with Crippen LogP contribution in [0.2, 0.25) is 5.15 Å². The summed E-state index contributed by atoms with van der Waals surface area (Å²) in [5, 5.41) is 11.7. The molecule has 16 heavy (non-hydrogen) atoms. The third kappa shape index (κ3) is 1.71. The molecule has 0 amide bonds. The number of hydrogen-bond donors (Lipinski definition) is 1. The van der Waals surface area contributed by atoms with Crippen molar-refractivity contribution >= 4 is 32.5 Å². The minimum absolute atomic E-state index is 0.136. The first kappa shape index (κ1) is 11.1. The van der Waals surface area contributed by atoms with Gasteiger partial charge in [-0.1, -0.05) is 18.2 Å². The summed E-state index contributed by atoms with van der Waals surface area (Å²) in [6, 6.07) is 6.16. The first-order valence-corrected chi connectivity index (χ1v) is 6.01. The maximum atomic E-state index is 11.3. The molecule has 0 bridgehead atoms. The molecule has 0 aliphatic rings. The van der Waals surface area contributed by atoms with Crippen LogP contribution in [0.25, 0.3) is 10.8 Å². The summed E-state index contributed by atoms with van der Waals surface area (Å²) in [7, 11) is -4.45. The lowest BCUT2D eigenvalue weighted by Gasteiger charge is -2.06. The van der Waals surface area contributed by atoms with Crippen molar-refractivity contribution in [3.05, 3.63) is 40.8 Å². The Kier molecular flexibility index (Phi) is 2.49. The van der Waals surface area contributed by atoms with Gasteiger partial charge in [-0.25, -0.2) is 0 Å². The molecule has 1 N–H and O–H groups in total. The van der Waals surface area contributed by atoms with Crippen molar-refractivity contribution in [1.29, 1.82) is 0 Å². The van der Waals surface area contributed by atoms with E-state index in [-0.39, 0.29) is 20.7 Å². The first-order chi connectivity index (χ1) is 7.41. The van der Waals surface area contributed by atoms with Crippen molar-refractivity contribution in [2.75, 3.05) is 0 Å². The van der Waals surface area contributed by atoms with E-state index in [1.54, 1.807) is 12.1 Å². The zero-order chi connectivity index (χ0) is 11.9. The number of pyridine rings is 1. The summed E-state index contributed by atoms with van der Waals surface area (Å²) in [5.41, 5.74) is 0. The monoisotopic (exact) mass is 259 g/mol. The van der Waals surface area contributed by atoms with E-state index in [9.17, 15) is 13.6 Å². The second-order valence-electron chi connectivity index (χ2n) is 3.13. The van der Waals surface area contributed by atoms with Crippen LogP contribution in [0, 0.1) is 5.21 Å². The number of aromatic nitrogens is 1. The Morgan fingerprint density at radius 1 is 1.25 bits per heavy atom. The van der Waals surface area contributed by atoms with Crippen molar-refractivity contribution in [3.8, 4) is 0 Å². The summed E-state index contributed by atoms with van der Waals surface area (Å²) in [6.07, 6.45) is 0.736. The van der Waals surface area contributed by atoms with Gasteiger partial charge in [-0.2, -0.15) is 13.1 Å². The van der Waals surface area contributed by atoms with Crippen LogP contribution in [0.4, 0.5) is 0 Å². The molecule has 2 aromatic rings. The molecule has 1 aromatic carbocycles. The van der Waals surface area contributed by atoms with Gasteiger partial charge >= 0.3 is 10.1 Å². The molecule has 0 saturated heterocycles. The van der Waals surface area contributed by atoms with Crippen LogP contribution in [-0.2, 0) is 10.1 Å². The van der Waals surface area contributed by atoms with Gasteiger partial charge < -0.3 is 5.21 Å². The molecule has 1 aromatic heterocycles. The highest BCUT2D eigenvalue weighted by atomic mass is 35.5. The highest BCUT2D eigenvalue weighted by Crippen LogP contribution is 2.25. The summed E-state index contributed by atoms with van der Waals surface area (Å²) >= 11 is 5.72. The fourth-order valence-electron chi connectivity index (χ4n) is 1.43. The summed E-state index contributed by atoms with van der Waals surface area (Å²) < 4.78 is 31.3. The number of halogens is 1. The lowest BCUT2D eigenvalue weighted by atomic mass is 10.2. The van der Waals surface area contributed by atoms with Gasteiger partial charge in [-0.3, -0.25) is 4.55 Å². The molecule has 0 atom stereocenters. The molecule has 5 nitrogen and oxygen atoms in total. The number of fused-ring (bicyclic) bond motifs is 1. The minimum Gasteiger partial charge on any atom is -0.618 e. The second-order valence-corrected chi connectivity index (χ2v) is 4.88. The predicted octanol–water partition coefficient (Wildman–Crippen LogP) is 1.37. The molecule has 0 aliphatic carbocycles. The molecule has 84 valence electrons. The Morgan fingerprint density at radius 2 is 1.81 bits per heavy atom. The largest absolute Gasteiger partial charge is 0.618 e. The number of rotatable bonds is 1. The van der Waals surface area contributed by atoms with Gasteiger partial charge in [0, 0.05) is 5.39 Å². The van der Waals surface area contributed by atoms with Gasteiger partial charge in [-0.15, -0.1) is 0 Å². The second kappa shape index (κ2) is 3.58. The maximum Gasteiger partial charge on any atom is 0.301 e. The number of hydrogen-bond acceptors (Lipinski definition) is 3. The smallest absolute Gasteiger partial charge is 0.301 e. The Morgan fingerprint density at radius 3 is 2.38 bits per heavy atom. The zero-order valence-electron chi connectivity index (χ0n) is 7.79. The van der Waals surface area contributed by atoms with E-state index in [0.29, 0.717) is 0 Å². The summed E-state index contributed by atoms with van der Waals surface area (Å²) in [4.78, 5) is -0.456. The molecule has 1 heterocycles. The van der Waals surface area contributed by atoms with E-state index in [2.05, 4.69) is 0 Å². The lowest BCUT2D eigenvalue weighted by Crippen LogP contribution is -2.28. The van der Waals surface area contributed by atoms with Gasteiger partial charge in [0.1, 0.15) is 0 Å². The third-order valence-corrected chi connectivity index (χ3v) is 3.37. The standard InChI is InChI=1S/C9H6ClNO4S/c10-9-7-4-2-1-3-6(7)8(5-11(9)12)16(13,14)15/h1-5H,(H,13,14,15). The van der Waals surface area contributed by atoms with Gasteiger partial charge in [0.05, 0.1) is 5.39 Å². The van der Waals surface area contributed by atoms with Crippen molar-refractivity contribution in [3.63, 3.8) is 0 Å². The van der Waals surface area contributed by atoms with E-state index in [4.69, 9.17) is 16.2 Å². The van der Waals surface area contributed by atoms with Crippen LogP contribution in [0.3, 0.4) is 0 Å². The highest BCUT2D eigenvalue weighted by Gasteiger charge is 2.21. The maximum absolute atomic E-state index is 11.3. The molecule has 2 rings (SSSR count). The van der Waals surface area contributed by atoms with Crippen molar-refractivity contribution in [1.82, 2.24) is 0 Å². The van der Waals surface area contributed by atoms with Crippen LogP contribution in [0.5, 0.6) is 0 Å². The Balaban J connectivity index is 3.02. The van der Waals surface area contributed by atoms with Crippen molar-refractivity contribution in [2.24, 2.45) is 0 Å². The van der Waals surface area contributed by atoms with Crippen molar-refractivity contribution in [2.45, 2.75) is 4.90 Å². The van der Waals surface area contributed by atoms with Crippen LogP contribution in [0.1, 0.15) is 0 Å². The van der Waals surface area contributed by atoms with E-state index in [1.165, 1.54) is 12.1 Å². The van der Waals surface area contributed by atoms with E-state index < -0.39 is 15.0 Å². The molecule has 0 unspecified atom stereocenters. The zero-order valence-corrected chi connectivity index (χ0v) is 9.36. The molecular formula is C9H6ClNO4S. The van der Waals surface area contributed by atoms with Gasteiger partial charge in [-0.05, 0) is 17.7 Å². The molecule has 0 radical (unpaired) electrons. The molecule has 0 spiro atoms. The summed E-state index contributed by atoms with van der Waals surface area (Å²) in [5.74, 6) is 0. The number of benzene rings is 1. The quantitative estimate of drug-likeness (QED) is 0.363. The van der Waals surface area contributed by atoms with E-state index in [1.807, 2.05) is 0 Å². The molecule has 0 aliphatic heterocycles. The van der Waals surface area contributed by atoms with Crippen LogP contribution >= 0.6 is 11.6 Å². The van der Waals surface area contributed by atoms with Gasteiger partial charge in [0.25, 0.3) is 5.15 Å². The highest BCUT2D eigenvalue weighted by molar-refractivity contribution is 7.86. The van der Waals surface area contributed by atoms with Crippen LogP contribution in [0.15, 0.2) is 35.4 Å². The average molecular weight is 260 g/mol. The average Bonchev–Trinajstić information content (AvgIpc) is 2.22. The molecule has 7 heteroatoms. The fraction of sp³-hybridized carbons (Fsp3) is 0. The van der Waals surface area contributed by atoms with Gasteiger partial charge in [0.2, 0.25) is 6.20 Å². The van der Waals surface area contributed by atoms with Crippen molar-refractivity contribution < 1.29 is 17.7 Å². The molecule has 0 saturated carbocycles. The Hall–Kier alpha value is -1.37. The first-order valence-electron chi connectivity index (χ1n) is 4.19. The molecule has 0 fully saturated rings. The number of nitrogens with zero attached hydrogens (tertiary/aromatic N) is 1. The van der Waals surface area contributed by atoms with Crippen LogP contribution < -0.4 is 4.73 Å². The summed E-state index contributed by atoms with van der Waals surface area (Å²) in [6.45, 7) is 0. The van der Waals surface area contributed by atoms with Gasteiger partial charge in [0.15, 0.2) is 4.90 Å². The van der Waals surface area contributed by atoms with E-state index in [0.717, 1.165) is 6.20 Å². The SMILES string of the molecule is O=S(=O)(O)c1c[n+]([O-])c(Cl)c2ccccc12. The Bertz CT molecular complexity index is 669. The minimum atomic E-state index is -4.45. The molecular weight excluding hydrogens is 254 g/mol. The van der Waals surface area contributed by atoms with E-state index >= 15 is 0 Å². The fourth-order valence-corrected chi connectivity index (χ4v) is 2.33. The predicted molar refractivity (Wildman–Crippen MR) is 57.7 cm³/mol. The normalized spacial score (nSPS) is 11.9. The lowest BCUT2D eigenvalue weighted by molar-refractivity contribution is -0.603. The van der Waals surface area contributed by atoms with Crippen LogP contribution in [-0.4, -0.2) is 13.0 Å². The third-order valence-electron chi connectivity index (χ3n) is 2.12. The Labute approximate surface area is 96.2 Å².